The summed E-state index contributed by atoms with van der Waals surface area (Å²) in [5.41, 5.74) is 11.2. The van der Waals surface area contributed by atoms with Crippen LogP contribution in [0.1, 0.15) is 65.0 Å². The van der Waals surface area contributed by atoms with Crippen LogP contribution >= 0.6 is 0 Å². The number of ether oxygens (including phenoxy) is 5. The van der Waals surface area contributed by atoms with Crippen molar-refractivity contribution in [3.05, 3.63) is 142 Å². The molecule has 1 saturated carbocycles. The van der Waals surface area contributed by atoms with E-state index in [1.54, 1.807) is 97.1 Å². The van der Waals surface area contributed by atoms with Crippen LogP contribution in [-0.2, 0) is 46.2 Å². The minimum absolute atomic E-state index is 0.0000176. The van der Waals surface area contributed by atoms with E-state index in [4.69, 9.17) is 29.2 Å². The van der Waals surface area contributed by atoms with Crippen LogP contribution in [0.5, 0.6) is 11.5 Å². The zero-order chi connectivity index (χ0) is 44.0. The van der Waals surface area contributed by atoms with E-state index in [2.05, 4.69) is 15.3 Å². The van der Waals surface area contributed by atoms with Crippen molar-refractivity contribution in [2.75, 3.05) is 19.8 Å². The molecule has 0 spiro atoms. The van der Waals surface area contributed by atoms with Gasteiger partial charge in [0.05, 0.1) is 42.0 Å². The summed E-state index contributed by atoms with van der Waals surface area (Å²) in [6.45, 7) is 3.80. The quantitative estimate of drug-likeness (QED) is 0.0302. The van der Waals surface area contributed by atoms with E-state index in [0.29, 0.717) is 17.5 Å². The highest BCUT2D eigenvalue weighted by molar-refractivity contribution is 5.90. The Morgan fingerprint density at radius 3 is 2.00 bits per heavy atom. The summed E-state index contributed by atoms with van der Waals surface area (Å²) >= 11 is 0. The first-order valence-corrected chi connectivity index (χ1v) is 20.8. The van der Waals surface area contributed by atoms with Gasteiger partial charge in [-0.15, -0.1) is 0 Å². The zero-order valence-corrected chi connectivity index (χ0v) is 34.7. The highest BCUT2D eigenvalue weighted by Crippen LogP contribution is 2.40. The number of nitrogens with one attached hydrogen (secondary N) is 1. The molecule has 0 bridgehead atoms. The van der Waals surface area contributed by atoms with Gasteiger partial charge >= 0.3 is 11.9 Å². The fraction of sp³-hybridized carbons (Fsp3) is 0.404. The molecule has 4 unspecified atom stereocenters. The molecule has 0 aromatic heterocycles. The van der Waals surface area contributed by atoms with E-state index >= 15 is 0 Å². The maximum absolute atomic E-state index is 14.2. The SMILES string of the molecule is C[C@@H]1C(COC(=O)c2ccccc2)O[C@H](OC2C[C@H](C(=O)NCc3ccc(O)cc3)C(C(=O)CCc3ccc(O)cc3)C[C@@H]2OCCN=[N+]=[N-])C(OC(=O)c2ccccc2)[C@H]1C. The largest absolute Gasteiger partial charge is 0.508 e. The first kappa shape index (κ1) is 45.3. The van der Waals surface area contributed by atoms with Crippen molar-refractivity contribution >= 4 is 23.6 Å². The number of Topliss-reactive ketones (excluding diaryl/α,β-unsaturated/α-hetero) is 1. The van der Waals surface area contributed by atoms with Crippen LogP contribution in [0, 0.1) is 23.7 Å². The number of nitrogens with zero attached hydrogens (tertiary/aromatic N) is 3. The third kappa shape index (κ3) is 12.2. The van der Waals surface area contributed by atoms with Crippen LogP contribution in [0.15, 0.2) is 114 Å². The Bertz CT molecular complexity index is 2150. The van der Waals surface area contributed by atoms with E-state index in [0.717, 1.165) is 11.1 Å². The molecule has 326 valence electrons. The highest BCUT2D eigenvalue weighted by atomic mass is 16.7. The molecule has 15 nitrogen and oxygen atoms in total. The number of aryl methyl sites for hydroxylation is 1. The number of hydrogen-bond donors (Lipinski definition) is 3. The van der Waals surface area contributed by atoms with Gasteiger partial charge in [0.15, 0.2) is 12.4 Å². The van der Waals surface area contributed by atoms with Gasteiger partial charge in [0.2, 0.25) is 5.91 Å². The average Bonchev–Trinajstić information content (AvgIpc) is 3.29. The second-order valence-electron chi connectivity index (χ2n) is 15.7. The van der Waals surface area contributed by atoms with Crippen molar-refractivity contribution in [3.8, 4) is 11.5 Å². The molecule has 9 atom stereocenters. The minimum Gasteiger partial charge on any atom is -0.508 e. The number of carbonyl (C=O) groups is 4. The Kier molecular flexibility index (Phi) is 16.1. The van der Waals surface area contributed by atoms with Gasteiger partial charge in [0.25, 0.3) is 0 Å². The number of ketones is 1. The Morgan fingerprint density at radius 1 is 0.774 bits per heavy atom. The number of hydrogen-bond acceptors (Lipinski definition) is 12. The van der Waals surface area contributed by atoms with E-state index in [1.807, 2.05) is 13.8 Å². The lowest BCUT2D eigenvalue weighted by Gasteiger charge is -2.47. The molecule has 1 aliphatic heterocycles. The van der Waals surface area contributed by atoms with Crippen LogP contribution < -0.4 is 5.32 Å². The van der Waals surface area contributed by atoms with Crippen molar-refractivity contribution < 1.29 is 53.1 Å². The summed E-state index contributed by atoms with van der Waals surface area (Å²) in [7, 11) is 0. The molecular weight excluding hydrogens is 797 g/mol. The Hall–Kier alpha value is -6.25. The van der Waals surface area contributed by atoms with Gasteiger partial charge in [-0.05, 0) is 90.4 Å². The molecule has 2 fully saturated rings. The van der Waals surface area contributed by atoms with Crippen molar-refractivity contribution in [2.45, 2.75) is 76.8 Å². The first-order chi connectivity index (χ1) is 30.0. The van der Waals surface area contributed by atoms with Crippen LogP contribution in [0.3, 0.4) is 0 Å². The van der Waals surface area contributed by atoms with E-state index in [9.17, 15) is 29.4 Å². The first-order valence-electron chi connectivity index (χ1n) is 20.8. The maximum atomic E-state index is 14.2. The zero-order valence-electron chi connectivity index (χ0n) is 34.7. The van der Waals surface area contributed by atoms with Gasteiger partial charge in [-0.1, -0.05) is 79.6 Å². The molecule has 1 heterocycles. The molecule has 15 heteroatoms. The highest BCUT2D eigenvalue weighted by Gasteiger charge is 2.50. The molecule has 2 aliphatic rings. The molecule has 4 aromatic carbocycles. The van der Waals surface area contributed by atoms with Crippen molar-refractivity contribution in [1.29, 1.82) is 0 Å². The van der Waals surface area contributed by atoms with E-state index in [1.165, 1.54) is 12.1 Å². The number of rotatable bonds is 18. The third-order valence-corrected chi connectivity index (χ3v) is 11.7. The molecule has 1 aliphatic carbocycles. The lowest BCUT2D eigenvalue weighted by atomic mass is 9.72. The van der Waals surface area contributed by atoms with Gasteiger partial charge in [0, 0.05) is 36.3 Å². The Morgan fingerprint density at radius 2 is 1.37 bits per heavy atom. The average molecular weight is 849 g/mol. The van der Waals surface area contributed by atoms with Crippen molar-refractivity contribution in [3.63, 3.8) is 0 Å². The number of amides is 1. The lowest BCUT2D eigenvalue weighted by molar-refractivity contribution is -0.301. The summed E-state index contributed by atoms with van der Waals surface area (Å²) in [6.07, 6.45) is -4.04. The summed E-state index contributed by atoms with van der Waals surface area (Å²) in [4.78, 5) is 57.9. The molecule has 62 heavy (non-hydrogen) atoms. The van der Waals surface area contributed by atoms with Crippen LogP contribution in [0.2, 0.25) is 0 Å². The Balaban J connectivity index is 1.29. The molecule has 1 saturated heterocycles. The monoisotopic (exact) mass is 848 g/mol. The van der Waals surface area contributed by atoms with Gasteiger partial charge in [-0.25, -0.2) is 9.59 Å². The standard InChI is InChI=1S/C47H52N4O11/c1-29-30(2)43(62-46(57)34-11-7-4-8-12-34)47(61-42(29)28-59-45(56)33-9-5-3-6-10-33)60-41-26-38(44(55)49-27-32-15-20-36(53)21-16-32)37(25-40(41)58-24-23-50-51-48)39(54)22-17-31-13-18-35(52)19-14-31/h3-16,18-21,29-30,37-38,40-43,47,52-53H,17,22-28H2,1-2H3,(H,49,55)/t29-,30-,37?,38-,40-,41?,42?,43?,47-/m0/s1. The van der Waals surface area contributed by atoms with Crippen molar-refractivity contribution in [2.24, 2.45) is 28.8 Å². The topological polar surface area (TPSA) is 216 Å². The molecule has 6 rings (SSSR count). The minimum atomic E-state index is -1.23. The predicted octanol–water partition coefficient (Wildman–Crippen LogP) is 7.10. The number of benzene rings is 4. The van der Waals surface area contributed by atoms with Gasteiger partial charge in [-0.3, -0.25) is 9.59 Å². The summed E-state index contributed by atoms with van der Waals surface area (Å²) in [5.74, 6) is -3.89. The smallest absolute Gasteiger partial charge is 0.338 e. The van der Waals surface area contributed by atoms with E-state index < -0.39 is 60.4 Å². The number of phenolic OH excluding ortho intramolecular Hbond substituents is 2. The number of phenols is 2. The summed E-state index contributed by atoms with van der Waals surface area (Å²) < 4.78 is 31.6. The van der Waals surface area contributed by atoms with Gasteiger partial charge in [0.1, 0.15) is 23.9 Å². The fourth-order valence-corrected chi connectivity index (χ4v) is 7.91. The summed E-state index contributed by atoms with van der Waals surface area (Å²) in [6, 6.07) is 30.0. The number of carbonyl (C=O) groups excluding carboxylic acids is 4. The molecule has 4 aromatic rings. The number of esters is 2. The number of azide groups is 1. The molecule has 1 amide bonds. The summed E-state index contributed by atoms with van der Waals surface area (Å²) in [5, 5.41) is 26.1. The molecule has 3 N–H and O–H groups in total. The van der Waals surface area contributed by atoms with Crippen LogP contribution in [0.4, 0.5) is 0 Å². The maximum Gasteiger partial charge on any atom is 0.338 e. The predicted molar refractivity (Wildman–Crippen MR) is 226 cm³/mol. The van der Waals surface area contributed by atoms with Gasteiger partial charge in [-0.2, -0.15) is 0 Å². The fourth-order valence-electron chi connectivity index (χ4n) is 7.91. The molecular formula is C47H52N4O11. The van der Waals surface area contributed by atoms with Gasteiger partial charge < -0.3 is 39.2 Å². The van der Waals surface area contributed by atoms with E-state index in [-0.39, 0.29) is 74.7 Å². The third-order valence-electron chi connectivity index (χ3n) is 11.7. The second-order valence-corrected chi connectivity index (χ2v) is 15.7. The number of aromatic hydroxyl groups is 2. The molecule has 0 radical (unpaired) electrons. The van der Waals surface area contributed by atoms with Crippen LogP contribution in [0.25, 0.3) is 10.4 Å². The van der Waals surface area contributed by atoms with Crippen LogP contribution in [-0.4, -0.2) is 84.3 Å². The van der Waals surface area contributed by atoms with Crippen molar-refractivity contribution in [1.82, 2.24) is 5.32 Å². The Labute approximate surface area is 359 Å². The normalized spacial score (nSPS) is 24.5. The lowest BCUT2D eigenvalue weighted by Crippen LogP contribution is -2.57. The second kappa shape index (κ2) is 22.0.